The molecule has 0 N–H and O–H groups in total. The SMILES string of the molecule is C=CCOn1c(-c2ccc(F)cc2)nc2ccc(Cc3ccccc3-n3ccnc3)cc21. The van der Waals surface area contributed by atoms with Crippen LogP contribution in [0.1, 0.15) is 11.1 Å². The smallest absolute Gasteiger partial charge is 0.176 e. The van der Waals surface area contributed by atoms with Crippen molar-refractivity contribution in [3.63, 3.8) is 0 Å². The summed E-state index contributed by atoms with van der Waals surface area (Å²) < 4.78 is 17.1. The zero-order valence-electron chi connectivity index (χ0n) is 17.4. The van der Waals surface area contributed by atoms with E-state index < -0.39 is 0 Å². The molecule has 32 heavy (non-hydrogen) atoms. The number of hydrogen-bond acceptors (Lipinski definition) is 3. The predicted octanol–water partition coefficient (Wildman–Crippen LogP) is 5.23. The fourth-order valence-electron chi connectivity index (χ4n) is 3.78. The summed E-state index contributed by atoms with van der Waals surface area (Å²) in [5, 5.41) is 0. The maximum atomic E-state index is 13.4. The van der Waals surface area contributed by atoms with Gasteiger partial charge in [-0.05, 0) is 60.0 Å². The van der Waals surface area contributed by atoms with E-state index in [0.717, 1.165) is 34.3 Å². The topological polar surface area (TPSA) is 44.9 Å². The molecule has 0 unspecified atom stereocenters. The fourth-order valence-corrected chi connectivity index (χ4v) is 3.78. The van der Waals surface area contributed by atoms with Gasteiger partial charge in [-0.25, -0.2) is 14.4 Å². The number of para-hydroxylation sites is 1. The van der Waals surface area contributed by atoms with Gasteiger partial charge in [0, 0.05) is 23.6 Å². The van der Waals surface area contributed by atoms with Gasteiger partial charge in [0.2, 0.25) is 0 Å². The molecule has 0 amide bonds. The summed E-state index contributed by atoms with van der Waals surface area (Å²) in [7, 11) is 0. The summed E-state index contributed by atoms with van der Waals surface area (Å²) in [6.45, 7) is 4.07. The summed E-state index contributed by atoms with van der Waals surface area (Å²) in [5.74, 6) is 0.333. The summed E-state index contributed by atoms with van der Waals surface area (Å²) in [6, 6.07) is 20.7. The van der Waals surface area contributed by atoms with E-state index >= 15 is 0 Å². The summed E-state index contributed by atoms with van der Waals surface area (Å²) in [5.41, 5.74) is 5.83. The van der Waals surface area contributed by atoms with Crippen molar-refractivity contribution in [1.82, 2.24) is 19.3 Å². The molecule has 0 bridgehead atoms. The van der Waals surface area contributed by atoms with Gasteiger partial charge < -0.3 is 9.40 Å². The minimum atomic E-state index is -0.290. The zero-order valence-corrected chi connectivity index (χ0v) is 17.4. The van der Waals surface area contributed by atoms with Crippen LogP contribution in [0.2, 0.25) is 0 Å². The quantitative estimate of drug-likeness (QED) is 0.336. The van der Waals surface area contributed by atoms with Crippen LogP contribution in [0.25, 0.3) is 28.1 Å². The van der Waals surface area contributed by atoms with E-state index in [1.54, 1.807) is 35.5 Å². The van der Waals surface area contributed by atoms with Gasteiger partial charge in [0.25, 0.3) is 0 Å². The number of benzene rings is 3. The van der Waals surface area contributed by atoms with Gasteiger partial charge >= 0.3 is 0 Å². The second kappa shape index (κ2) is 8.51. The molecule has 6 heteroatoms. The average Bonchev–Trinajstić information content (AvgIpc) is 3.47. The van der Waals surface area contributed by atoms with E-state index in [1.165, 1.54) is 17.7 Å². The van der Waals surface area contributed by atoms with Crippen molar-refractivity contribution in [2.45, 2.75) is 6.42 Å². The molecule has 0 aliphatic rings. The van der Waals surface area contributed by atoms with E-state index in [1.807, 2.05) is 29.0 Å². The molecule has 0 saturated heterocycles. The van der Waals surface area contributed by atoms with E-state index in [4.69, 9.17) is 9.82 Å². The molecule has 0 aliphatic carbocycles. The molecular weight excluding hydrogens is 403 g/mol. The summed E-state index contributed by atoms with van der Waals surface area (Å²) >= 11 is 0. The van der Waals surface area contributed by atoms with Crippen LogP contribution in [-0.2, 0) is 6.42 Å². The van der Waals surface area contributed by atoms with Crippen LogP contribution in [0, 0.1) is 5.82 Å². The van der Waals surface area contributed by atoms with E-state index in [9.17, 15) is 4.39 Å². The largest absolute Gasteiger partial charge is 0.408 e. The lowest BCUT2D eigenvalue weighted by Crippen LogP contribution is -2.12. The van der Waals surface area contributed by atoms with Crippen molar-refractivity contribution in [2.24, 2.45) is 0 Å². The number of hydrogen-bond donors (Lipinski definition) is 0. The summed E-state index contributed by atoms with van der Waals surface area (Å²) in [4.78, 5) is 14.9. The van der Waals surface area contributed by atoms with Crippen molar-refractivity contribution < 1.29 is 9.23 Å². The molecule has 0 saturated carbocycles. The lowest BCUT2D eigenvalue weighted by Gasteiger charge is -2.12. The third-order valence-electron chi connectivity index (χ3n) is 5.27. The van der Waals surface area contributed by atoms with Crippen LogP contribution in [0.5, 0.6) is 0 Å². The molecule has 0 atom stereocenters. The number of aromatic nitrogens is 4. The molecule has 0 aliphatic heterocycles. The molecular formula is C26H21FN4O. The maximum Gasteiger partial charge on any atom is 0.176 e. The van der Waals surface area contributed by atoms with Gasteiger partial charge in [0.15, 0.2) is 5.82 Å². The van der Waals surface area contributed by atoms with Crippen LogP contribution in [0.15, 0.2) is 98.1 Å². The van der Waals surface area contributed by atoms with Crippen LogP contribution in [-0.4, -0.2) is 25.9 Å². The second-order valence-corrected chi connectivity index (χ2v) is 7.42. The molecule has 5 rings (SSSR count). The Labute approximate surface area is 185 Å². The van der Waals surface area contributed by atoms with Gasteiger partial charge in [-0.15, -0.1) is 0 Å². The van der Waals surface area contributed by atoms with Crippen LogP contribution < -0.4 is 4.84 Å². The first-order valence-corrected chi connectivity index (χ1v) is 10.3. The van der Waals surface area contributed by atoms with Gasteiger partial charge in [-0.3, -0.25) is 0 Å². The highest BCUT2D eigenvalue weighted by Crippen LogP contribution is 2.26. The molecule has 2 heterocycles. The molecule has 3 aromatic carbocycles. The number of halogens is 1. The third-order valence-corrected chi connectivity index (χ3v) is 5.27. The second-order valence-electron chi connectivity index (χ2n) is 7.42. The minimum absolute atomic E-state index is 0.290. The predicted molar refractivity (Wildman–Crippen MR) is 123 cm³/mol. The fraction of sp³-hybridized carbons (Fsp3) is 0.0769. The maximum absolute atomic E-state index is 13.4. The Bertz CT molecular complexity index is 1370. The van der Waals surface area contributed by atoms with E-state index in [2.05, 4.69) is 35.8 Å². The monoisotopic (exact) mass is 424 g/mol. The Morgan fingerprint density at radius 2 is 1.88 bits per heavy atom. The molecule has 5 aromatic rings. The van der Waals surface area contributed by atoms with E-state index in [-0.39, 0.29) is 5.82 Å². The van der Waals surface area contributed by atoms with Gasteiger partial charge in [-0.2, -0.15) is 4.73 Å². The number of fused-ring (bicyclic) bond motifs is 1. The first kappa shape index (κ1) is 19.8. The number of rotatable bonds is 7. The lowest BCUT2D eigenvalue weighted by atomic mass is 10.0. The molecule has 158 valence electrons. The first-order chi connectivity index (χ1) is 15.7. The van der Waals surface area contributed by atoms with Crippen LogP contribution in [0.4, 0.5) is 4.39 Å². The van der Waals surface area contributed by atoms with E-state index in [0.29, 0.717) is 12.4 Å². The molecule has 5 nitrogen and oxygen atoms in total. The van der Waals surface area contributed by atoms with Gasteiger partial charge in [-0.1, -0.05) is 36.9 Å². The number of imidazole rings is 2. The Hall–Kier alpha value is -4.19. The van der Waals surface area contributed by atoms with Gasteiger partial charge in [0.05, 0.1) is 11.8 Å². The average molecular weight is 424 g/mol. The zero-order chi connectivity index (χ0) is 21.9. The number of nitrogens with zero attached hydrogens (tertiary/aromatic N) is 4. The Kier molecular flexibility index (Phi) is 5.25. The molecule has 0 spiro atoms. The van der Waals surface area contributed by atoms with Crippen molar-refractivity contribution in [1.29, 1.82) is 0 Å². The van der Waals surface area contributed by atoms with Crippen LogP contribution in [0.3, 0.4) is 0 Å². The van der Waals surface area contributed by atoms with Crippen molar-refractivity contribution in [3.05, 3.63) is 115 Å². The Morgan fingerprint density at radius 1 is 1.03 bits per heavy atom. The standard InChI is InChI=1S/C26H21FN4O/c1-2-15-32-31-25-17-19(16-21-5-3-4-6-24(21)30-14-13-28-18-30)7-12-23(25)29-26(31)20-8-10-22(27)11-9-20/h2-14,17-18H,1,15-16H2. The molecule has 0 fully saturated rings. The van der Waals surface area contributed by atoms with Crippen molar-refractivity contribution in [3.8, 4) is 17.1 Å². The first-order valence-electron chi connectivity index (χ1n) is 10.3. The third kappa shape index (κ3) is 3.78. The van der Waals surface area contributed by atoms with Crippen LogP contribution >= 0.6 is 0 Å². The normalized spacial score (nSPS) is 11.0. The highest BCUT2D eigenvalue weighted by molar-refractivity contribution is 5.81. The van der Waals surface area contributed by atoms with Crippen molar-refractivity contribution in [2.75, 3.05) is 6.61 Å². The van der Waals surface area contributed by atoms with Gasteiger partial charge in [0.1, 0.15) is 17.9 Å². The summed E-state index contributed by atoms with van der Waals surface area (Å²) in [6.07, 6.45) is 7.94. The van der Waals surface area contributed by atoms with Crippen molar-refractivity contribution >= 4 is 11.0 Å². The highest BCUT2D eigenvalue weighted by atomic mass is 19.1. The lowest BCUT2D eigenvalue weighted by molar-refractivity contribution is 0.148. The minimum Gasteiger partial charge on any atom is -0.408 e. The highest BCUT2D eigenvalue weighted by Gasteiger charge is 2.15. The Balaban J connectivity index is 1.57. The molecule has 0 radical (unpaired) electrons. The Morgan fingerprint density at radius 3 is 2.66 bits per heavy atom. The molecule has 2 aromatic heterocycles.